The van der Waals surface area contributed by atoms with Gasteiger partial charge in [0.1, 0.15) is 0 Å². The SMILES string of the molecule is COc1cc(C=CC(=O)CC(=O)C=Cc2ccc(OC(=O)N3CCNCC3)c(OC)c2)ccc1O. The van der Waals surface area contributed by atoms with E-state index >= 15 is 0 Å². The zero-order chi connectivity index (χ0) is 25.2. The van der Waals surface area contributed by atoms with E-state index in [2.05, 4.69) is 5.32 Å². The number of allylic oxidation sites excluding steroid dienone is 2. The first kappa shape index (κ1) is 25.5. The van der Waals surface area contributed by atoms with Crippen LogP contribution in [0.3, 0.4) is 0 Å². The van der Waals surface area contributed by atoms with Crippen LogP contribution in [0.5, 0.6) is 23.0 Å². The third-order valence-electron chi connectivity index (χ3n) is 5.24. The van der Waals surface area contributed by atoms with Gasteiger partial charge in [0, 0.05) is 26.2 Å². The summed E-state index contributed by atoms with van der Waals surface area (Å²) in [6, 6.07) is 9.60. The number of ether oxygens (including phenoxy) is 3. The number of phenolic OH excluding ortho intramolecular Hbond substituents is 1. The van der Waals surface area contributed by atoms with E-state index in [4.69, 9.17) is 14.2 Å². The quantitative estimate of drug-likeness (QED) is 0.416. The predicted molar refractivity (Wildman–Crippen MR) is 131 cm³/mol. The number of ketones is 2. The second-order valence-corrected chi connectivity index (χ2v) is 7.72. The molecule has 35 heavy (non-hydrogen) atoms. The van der Waals surface area contributed by atoms with E-state index in [0.717, 1.165) is 0 Å². The fourth-order valence-corrected chi connectivity index (χ4v) is 3.34. The first-order valence-electron chi connectivity index (χ1n) is 11.0. The van der Waals surface area contributed by atoms with Crippen LogP contribution in [0.4, 0.5) is 4.79 Å². The van der Waals surface area contributed by atoms with Crippen molar-refractivity contribution in [3.8, 4) is 23.0 Å². The van der Waals surface area contributed by atoms with Gasteiger partial charge in [0.05, 0.1) is 20.6 Å². The van der Waals surface area contributed by atoms with Crippen LogP contribution >= 0.6 is 0 Å². The molecule has 1 fully saturated rings. The number of piperazine rings is 1. The van der Waals surface area contributed by atoms with Gasteiger partial charge in [-0.05, 0) is 47.5 Å². The lowest BCUT2D eigenvalue weighted by Crippen LogP contribution is -2.47. The number of aromatic hydroxyl groups is 1. The molecule has 0 radical (unpaired) electrons. The van der Waals surface area contributed by atoms with Gasteiger partial charge in [-0.25, -0.2) is 4.79 Å². The Balaban J connectivity index is 1.56. The summed E-state index contributed by atoms with van der Waals surface area (Å²) in [6.07, 6.45) is 5.00. The van der Waals surface area contributed by atoms with E-state index < -0.39 is 6.09 Å². The molecule has 9 nitrogen and oxygen atoms in total. The van der Waals surface area contributed by atoms with Gasteiger partial charge < -0.3 is 29.5 Å². The summed E-state index contributed by atoms with van der Waals surface area (Å²) < 4.78 is 15.8. The van der Waals surface area contributed by atoms with Crippen LogP contribution in [-0.2, 0) is 9.59 Å². The number of carbonyl (C=O) groups is 3. The third-order valence-corrected chi connectivity index (χ3v) is 5.24. The molecular formula is C26H28N2O7. The highest BCUT2D eigenvalue weighted by Gasteiger charge is 2.19. The Labute approximate surface area is 203 Å². The molecule has 0 unspecified atom stereocenters. The smallest absolute Gasteiger partial charge is 0.415 e. The van der Waals surface area contributed by atoms with Gasteiger partial charge in [0.15, 0.2) is 34.6 Å². The van der Waals surface area contributed by atoms with E-state index in [1.54, 1.807) is 47.4 Å². The van der Waals surface area contributed by atoms with Crippen molar-refractivity contribution in [1.82, 2.24) is 10.2 Å². The van der Waals surface area contributed by atoms with Crippen molar-refractivity contribution in [2.24, 2.45) is 0 Å². The maximum atomic E-state index is 12.3. The molecule has 1 aliphatic heterocycles. The molecule has 0 aliphatic carbocycles. The fraction of sp³-hybridized carbons (Fsp3) is 0.269. The van der Waals surface area contributed by atoms with Crippen LogP contribution < -0.4 is 19.5 Å². The molecule has 2 aromatic rings. The molecule has 1 amide bonds. The number of phenols is 1. The minimum atomic E-state index is -0.444. The molecule has 0 saturated carbocycles. The van der Waals surface area contributed by atoms with Crippen LogP contribution in [0.15, 0.2) is 48.6 Å². The van der Waals surface area contributed by atoms with Crippen molar-refractivity contribution < 1.29 is 33.7 Å². The largest absolute Gasteiger partial charge is 0.504 e. The molecule has 0 bridgehead atoms. The molecule has 1 saturated heterocycles. The van der Waals surface area contributed by atoms with Gasteiger partial charge in [0.25, 0.3) is 0 Å². The Morgan fingerprint density at radius 1 is 0.886 bits per heavy atom. The number of benzene rings is 2. The number of methoxy groups -OCH3 is 2. The van der Waals surface area contributed by atoms with Crippen LogP contribution in [0, 0.1) is 0 Å². The van der Waals surface area contributed by atoms with Gasteiger partial charge in [-0.15, -0.1) is 0 Å². The van der Waals surface area contributed by atoms with Crippen LogP contribution in [0.1, 0.15) is 17.5 Å². The van der Waals surface area contributed by atoms with E-state index in [0.29, 0.717) is 48.8 Å². The van der Waals surface area contributed by atoms with E-state index in [9.17, 15) is 19.5 Å². The number of amides is 1. The molecule has 184 valence electrons. The Morgan fingerprint density at radius 3 is 2.06 bits per heavy atom. The standard InChI is InChI=1S/C26H28N2O7/c1-33-24-15-18(5-9-22(24)31)3-7-20(29)17-21(30)8-4-19-6-10-23(25(16-19)34-2)35-26(32)28-13-11-27-12-14-28/h3-10,15-16,27,31H,11-14,17H2,1-2H3. The molecular weight excluding hydrogens is 452 g/mol. The fourth-order valence-electron chi connectivity index (χ4n) is 3.34. The summed E-state index contributed by atoms with van der Waals surface area (Å²) in [7, 11) is 2.90. The normalized spacial score (nSPS) is 13.7. The molecule has 9 heteroatoms. The minimum absolute atomic E-state index is 0.00123. The van der Waals surface area contributed by atoms with Gasteiger partial charge in [-0.2, -0.15) is 0 Å². The number of carbonyl (C=O) groups excluding carboxylic acids is 3. The third kappa shape index (κ3) is 7.44. The van der Waals surface area contributed by atoms with E-state index in [-0.39, 0.29) is 29.5 Å². The number of nitrogens with one attached hydrogen (secondary N) is 1. The van der Waals surface area contributed by atoms with Gasteiger partial charge in [-0.1, -0.05) is 24.3 Å². The van der Waals surface area contributed by atoms with Crippen molar-refractivity contribution in [1.29, 1.82) is 0 Å². The van der Waals surface area contributed by atoms with Crippen LogP contribution in [-0.4, -0.2) is 68.1 Å². The van der Waals surface area contributed by atoms with Crippen molar-refractivity contribution in [3.63, 3.8) is 0 Å². The summed E-state index contributed by atoms with van der Waals surface area (Å²) in [5.41, 5.74) is 1.30. The molecule has 0 aromatic heterocycles. The second-order valence-electron chi connectivity index (χ2n) is 7.72. The monoisotopic (exact) mass is 480 g/mol. The topological polar surface area (TPSA) is 114 Å². The first-order chi connectivity index (χ1) is 16.9. The number of nitrogens with zero attached hydrogens (tertiary/aromatic N) is 1. The lowest BCUT2D eigenvalue weighted by Gasteiger charge is -2.26. The predicted octanol–water partition coefficient (Wildman–Crippen LogP) is 3.07. The maximum Gasteiger partial charge on any atom is 0.415 e. The van der Waals surface area contributed by atoms with Gasteiger partial charge in [-0.3, -0.25) is 9.59 Å². The maximum absolute atomic E-state index is 12.3. The minimum Gasteiger partial charge on any atom is -0.504 e. The zero-order valence-electron chi connectivity index (χ0n) is 19.7. The number of hydrogen-bond acceptors (Lipinski definition) is 8. The highest BCUT2D eigenvalue weighted by Crippen LogP contribution is 2.29. The van der Waals surface area contributed by atoms with E-state index in [1.807, 2.05) is 0 Å². The van der Waals surface area contributed by atoms with Crippen LogP contribution in [0.2, 0.25) is 0 Å². The van der Waals surface area contributed by atoms with Crippen molar-refractivity contribution in [3.05, 3.63) is 59.7 Å². The zero-order valence-corrected chi connectivity index (χ0v) is 19.7. The Hall–Kier alpha value is -4.11. The highest BCUT2D eigenvalue weighted by molar-refractivity contribution is 6.10. The molecule has 2 N–H and O–H groups in total. The van der Waals surface area contributed by atoms with Crippen molar-refractivity contribution >= 4 is 29.8 Å². The molecule has 0 spiro atoms. The van der Waals surface area contributed by atoms with Crippen molar-refractivity contribution in [2.45, 2.75) is 6.42 Å². The summed E-state index contributed by atoms with van der Waals surface area (Å²) in [6.45, 7) is 2.57. The summed E-state index contributed by atoms with van der Waals surface area (Å²) >= 11 is 0. The Kier molecular flexibility index (Phi) is 9.02. The number of rotatable bonds is 9. The highest BCUT2D eigenvalue weighted by atomic mass is 16.6. The first-order valence-corrected chi connectivity index (χ1v) is 11.0. The van der Waals surface area contributed by atoms with Gasteiger partial charge >= 0.3 is 6.09 Å². The van der Waals surface area contributed by atoms with E-state index in [1.165, 1.54) is 32.4 Å². The Morgan fingerprint density at radius 2 is 1.46 bits per heavy atom. The average Bonchev–Trinajstić information content (AvgIpc) is 2.88. The van der Waals surface area contributed by atoms with Gasteiger partial charge in [0.2, 0.25) is 0 Å². The lowest BCUT2D eigenvalue weighted by atomic mass is 10.1. The molecule has 1 heterocycles. The Bertz CT molecular complexity index is 1130. The second kappa shape index (κ2) is 12.4. The molecule has 2 aromatic carbocycles. The van der Waals surface area contributed by atoms with Crippen LogP contribution in [0.25, 0.3) is 12.2 Å². The summed E-state index contributed by atoms with van der Waals surface area (Å²) in [4.78, 5) is 38.3. The average molecular weight is 481 g/mol. The molecule has 3 rings (SSSR count). The molecule has 1 aliphatic rings. The van der Waals surface area contributed by atoms with Crippen molar-refractivity contribution in [2.75, 3.05) is 40.4 Å². The lowest BCUT2D eigenvalue weighted by molar-refractivity contribution is -0.121. The number of hydrogen-bond donors (Lipinski definition) is 2. The summed E-state index contributed by atoms with van der Waals surface area (Å²) in [5.74, 6) is 0.199. The molecule has 0 atom stereocenters. The summed E-state index contributed by atoms with van der Waals surface area (Å²) in [5, 5.41) is 12.8.